The summed E-state index contributed by atoms with van der Waals surface area (Å²) in [5.74, 6) is 3.65. The fraction of sp³-hybridized carbons (Fsp3) is 0.429. The van der Waals surface area contributed by atoms with Gasteiger partial charge in [0.25, 0.3) is 0 Å². The van der Waals surface area contributed by atoms with Crippen LogP contribution in [0.25, 0.3) is 11.0 Å². The summed E-state index contributed by atoms with van der Waals surface area (Å²) >= 11 is 0. The van der Waals surface area contributed by atoms with Gasteiger partial charge in [-0.15, -0.1) is 5.54 Å². The molecule has 1 N–H and O–H groups in total. The van der Waals surface area contributed by atoms with Gasteiger partial charge in [0.05, 0.1) is 0 Å². The predicted molar refractivity (Wildman–Crippen MR) is 78.2 cm³/mol. The molecule has 0 aliphatic rings. The number of fused-ring (bicyclic) bond motifs is 1. The topological polar surface area (TPSA) is 41.6 Å². The van der Waals surface area contributed by atoms with E-state index in [1.165, 1.54) is 0 Å². The van der Waals surface area contributed by atoms with Crippen molar-refractivity contribution in [1.82, 2.24) is 15.2 Å². The molecule has 0 saturated heterocycles. The van der Waals surface area contributed by atoms with E-state index in [9.17, 15) is 0 Å². The zero-order valence-corrected chi connectivity index (χ0v) is 12.6. The number of rotatable bonds is 1. The first kappa shape index (κ1) is 12.8. The largest absolute Gasteiger partial charge is 0.279 e. The molecule has 94 valence electrons. The quantitative estimate of drug-likeness (QED) is 0.629. The number of nitrogens with zero attached hydrogens (tertiary/aromatic N) is 2. The van der Waals surface area contributed by atoms with Gasteiger partial charge in [0.2, 0.25) is 0 Å². The lowest BCUT2D eigenvalue weighted by atomic mass is 10.1. The third-order valence-electron chi connectivity index (χ3n) is 2.60. The molecule has 4 heteroatoms. The molecular weight excluding hydrogens is 238 g/mol. The predicted octanol–water partition coefficient (Wildman–Crippen LogP) is 3.31. The highest BCUT2D eigenvalue weighted by Gasteiger charge is 2.11. The highest BCUT2D eigenvalue weighted by molar-refractivity contribution is 6.83. The lowest BCUT2D eigenvalue weighted by Crippen LogP contribution is -2.16. The van der Waals surface area contributed by atoms with Crippen LogP contribution in [0.5, 0.6) is 0 Å². The van der Waals surface area contributed by atoms with Crippen molar-refractivity contribution < 1.29 is 0 Å². The van der Waals surface area contributed by atoms with Crippen molar-refractivity contribution >= 4 is 19.1 Å². The molecule has 2 aromatic rings. The molecule has 0 spiro atoms. The van der Waals surface area contributed by atoms with Crippen LogP contribution in [-0.4, -0.2) is 23.3 Å². The minimum atomic E-state index is -1.34. The monoisotopic (exact) mass is 257 g/mol. The standard InChI is InChI=1S/C14H19N3Si/c1-10(2)13-12-8-11(6-7-18(3,4)5)9-15-14(12)17-16-13/h8-10H,1-5H3,(H,15,16,17). The number of aromatic nitrogens is 3. The van der Waals surface area contributed by atoms with Gasteiger partial charge in [-0.25, -0.2) is 4.98 Å². The van der Waals surface area contributed by atoms with Crippen LogP contribution in [-0.2, 0) is 0 Å². The first-order valence-corrected chi connectivity index (χ1v) is 9.74. The summed E-state index contributed by atoms with van der Waals surface area (Å²) < 4.78 is 0. The average Bonchev–Trinajstić information content (AvgIpc) is 2.68. The molecule has 0 bridgehead atoms. The highest BCUT2D eigenvalue weighted by atomic mass is 28.3. The SMILES string of the molecule is CC(C)c1[nH]nc2ncc(C#C[Si](C)(C)C)cc12. The fourth-order valence-corrected chi connectivity index (χ4v) is 2.21. The van der Waals surface area contributed by atoms with Crippen molar-refractivity contribution in [2.75, 3.05) is 0 Å². The maximum absolute atomic E-state index is 4.36. The Morgan fingerprint density at radius 2 is 2.00 bits per heavy atom. The van der Waals surface area contributed by atoms with E-state index < -0.39 is 8.07 Å². The summed E-state index contributed by atoms with van der Waals surface area (Å²) in [6.07, 6.45) is 1.81. The summed E-state index contributed by atoms with van der Waals surface area (Å²) in [7, 11) is -1.34. The van der Waals surface area contributed by atoms with Crippen molar-refractivity contribution in [3.05, 3.63) is 23.5 Å². The van der Waals surface area contributed by atoms with E-state index in [1.54, 1.807) is 6.20 Å². The molecule has 0 saturated carbocycles. The van der Waals surface area contributed by atoms with Gasteiger partial charge in [-0.3, -0.25) is 5.10 Å². The molecule has 2 aromatic heterocycles. The van der Waals surface area contributed by atoms with Gasteiger partial charge in [0.15, 0.2) is 5.65 Å². The zero-order chi connectivity index (χ0) is 13.3. The van der Waals surface area contributed by atoms with E-state index in [0.29, 0.717) is 5.92 Å². The Morgan fingerprint density at radius 3 is 2.61 bits per heavy atom. The first-order valence-electron chi connectivity index (χ1n) is 6.24. The molecule has 0 radical (unpaired) electrons. The van der Waals surface area contributed by atoms with E-state index in [0.717, 1.165) is 22.3 Å². The highest BCUT2D eigenvalue weighted by Crippen LogP contribution is 2.21. The maximum Gasteiger partial charge on any atom is 0.181 e. The Morgan fingerprint density at radius 1 is 1.28 bits per heavy atom. The van der Waals surface area contributed by atoms with Gasteiger partial charge >= 0.3 is 0 Å². The van der Waals surface area contributed by atoms with Crippen LogP contribution in [0.2, 0.25) is 19.6 Å². The molecule has 2 rings (SSSR count). The van der Waals surface area contributed by atoms with Crippen LogP contribution in [0.15, 0.2) is 12.3 Å². The molecule has 0 amide bonds. The van der Waals surface area contributed by atoms with Crippen LogP contribution in [0.3, 0.4) is 0 Å². The fourth-order valence-electron chi connectivity index (χ4n) is 1.69. The molecule has 2 heterocycles. The second-order valence-electron chi connectivity index (χ2n) is 5.89. The Labute approximate surface area is 109 Å². The Bertz CT molecular complexity index is 624. The van der Waals surface area contributed by atoms with E-state index in [1.807, 2.05) is 0 Å². The molecule has 0 atom stereocenters. The second kappa shape index (κ2) is 4.58. The molecule has 0 aliphatic heterocycles. The first-order chi connectivity index (χ1) is 8.37. The maximum atomic E-state index is 4.36. The summed E-state index contributed by atoms with van der Waals surface area (Å²) in [5, 5.41) is 8.37. The van der Waals surface area contributed by atoms with Crippen LogP contribution >= 0.6 is 0 Å². The average molecular weight is 257 g/mol. The van der Waals surface area contributed by atoms with Crippen molar-refractivity contribution in [2.45, 2.75) is 39.4 Å². The Balaban J connectivity index is 2.48. The van der Waals surface area contributed by atoms with E-state index in [-0.39, 0.29) is 0 Å². The molecular formula is C14H19N3Si. The number of nitrogens with one attached hydrogen (secondary N) is 1. The molecule has 18 heavy (non-hydrogen) atoms. The van der Waals surface area contributed by atoms with Crippen molar-refractivity contribution in [3.8, 4) is 11.5 Å². The number of H-pyrrole nitrogens is 1. The zero-order valence-electron chi connectivity index (χ0n) is 11.6. The smallest absolute Gasteiger partial charge is 0.181 e. The molecule has 0 aromatic carbocycles. The van der Waals surface area contributed by atoms with Crippen LogP contribution in [0.1, 0.15) is 31.0 Å². The normalized spacial score (nSPS) is 11.7. The second-order valence-corrected chi connectivity index (χ2v) is 10.6. The molecule has 0 fully saturated rings. The molecule has 0 aliphatic carbocycles. The summed E-state index contributed by atoms with van der Waals surface area (Å²) in [4.78, 5) is 4.36. The third-order valence-corrected chi connectivity index (χ3v) is 3.47. The minimum absolute atomic E-state index is 0.414. The van der Waals surface area contributed by atoms with Crippen LogP contribution in [0.4, 0.5) is 0 Å². The summed E-state index contributed by atoms with van der Waals surface area (Å²) in [6, 6.07) is 2.09. The number of hydrogen-bond donors (Lipinski definition) is 1. The van der Waals surface area contributed by atoms with Crippen LogP contribution in [0, 0.1) is 11.5 Å². The lowest BCUT2D eigenvalue weighted by Gasteiger charge is -2.03. The summed E-state index contributed by atoms with van der Waals surface area (Å²) in [6.45, 7) is 11.0. The van der Waals surface area contributed by atoms with E-state index >= 15 is 0 Å². The van der Waals surface area contributed by atoms with Gasteiger partial charge in [-0.05, 0) is 12.0 Å². The Hall–Kier alpha value is -1.60. The van der Waals surface area contributed by atoms with Gasteiger partial charge < -0.3 is 0 Å². The van der Waals surface area contributed by atoms with Gasteiger partial charge in [0, 0.05) is 22.8 Å². The van der Waals surface area contributed by atoms with Crippen LogP contribution < -0.4 is 0 Å². The van der Waals surface area contributed by atoms with Crippen molar-refractivity contribution in [1.29, 1.82) is 0 Å². The van der Waals surface area contributed by atoms with Gasteiger partial charge in [-0.2, -0.15) is 5.10 Å². The van der Waals surface area contributed by atoms with Crippen molar-refractivity contribution in [2.24, 2.45) is 0 Å². The third kappa shape index (κ3) is 2.80. The van der Waals surface area contributed by atoms with Gasteiger partial charge in [-0.1, -0.05) is 39.4 Å². The lowest BCUT2D eigenvalue weighted by molar-refractivity contribution is 0.817. The number of aromatic amines is 1. The molecule has 3 nitrogen and oxygen atoms in total. The number of hydrogen-bond acceptors (Lipinski definition) is 2. The minimum Gasteiger partial charge on any atom is -0.279 e. The Kier molecular flexibility index (Phi) is 3.27. The van der Waals surface area contributed by atoms with Crippen molar-refractivity contribution in [3.63, 3.8) is 0 Å². The summed E-state index contributed by atoms with van der Waals surface area (Å²) in [5.41, 5.74) is 6.25. The van der Waals surface area contributed by atoms with Gasteiger partial charge in [0.1, 0.15) is 8.07 Å². The van der Waals surface area contributed by atoms with E-state index in [4.69, 9.17) is 0 Å². The van der Waals surface area contributed by atoms with E-state index in [2.05, 4.69) is 66.2 Å². The number of pyridine rings is 1. The molecule has 0 unspecified atom stereocenters.